The third-order valence-corrected chi connectivity index (χ3v) is 3.94. The topological polar surface area (TPSA) is 56.3 Å². The molecule has 2 unspecified atom stereocenters. The minimum Gasteiger partial charge on any atom is -0.381 e. The second-order valence-corrected chi connectivity index (χ2v) is 5.01. The number of methoxy groups -OCH3 is 1. The van der Waals surface area contributed by atoms with Gasteiger partial charge in [-0.05, 0) is 12.8 Å². The van der Waals surface area contributed by atoms with Gasteiger partial charge in [0, 0.05) is 58.6 Å². The molecule has 102 valence electrons. The third-order valence-electron chi connectivity index (χ3n) is 3.94. The summed E-state index contributed by atoms with van der Waals surface area (Å²) in [6, 6.07) is 0.448. The van der Waals surface area contributed by atoms with Crippen LogP contribution in [-0.4, -0.2) is 53.3 Å². The zero-order valence-electron chi connectivity index (χ0n) is 11.4. The molecule has 1 fully saturated rings. The van der Waals surface area contributed by atoms with Crippen LogP contribution >= 0.6 is 0 Å². The number of nitrogens with zero attached hydrogens (tertiary/aromatic N) is 3. The fourth-order valence-corrected chi connectivity index (χ4v) is 2.70. The zero-order valence-corrected chi connectivity index (χ0v) is 11.4. The highest BCUT2D eigenvalue weighted by Crippen LogP contribution is 2.19. The van der Waals surface area contributed by atoms with E-state index in [0.717, 1.165) is 38.2 Å². The number of aromatic nitrogens is 2. The molecule has 5 heteroatoms. The van der Waals surface area contributed by atoms with Crippen molar-refractivity contribution < 1.29 is 4.74 Å². The van der Waals surface area contributed by atoms with E-state index in [1.807, 2.05) is 19.4 Å². The molecule has 1 aromatic heterocycles. The van der Waals surface area contributed by atoms with Gasteiger partial charge < -0.3 is 15.0 Å². The summed E-state index contributed by atoms with van der Waals surface area (Å²) in [6.07, 6.45) is 7.36. The lowest BCUT2D eigenvalue weighted by Gasteiger charge is -2.38. The van der Waals surface area contributed by atoms with Gasteiger partial charge in [0.2, 0.25) is 0 Å². The second kappa shape index (κ2) is 6.31. The molecule has 0 saturated carbocycles. The lowest BCUT2D eigenvalue weighted by molar-refractivity contribution is 0.0136. The molecule has 0 spiro atoms. The summed E-state index contributed by atoms with van der Waals surface area (Å²) in [5.74, 6) is 1.14. The first-order chi connectivity index (χ1) is 8.74. The molecule has 5 nitrogen and oxygen atoms in total. The molecule has 18 heavy (non-hydrogen) atoms. The Labute approximate surface area is 109 Å². The van der Waals surface area contributed by atoms with Crippen molar-refractivity contribution in [3.05, 3.63) is 18.2 Å². The Kier molecular flexibility index (Phi) is 4.74. The van der Waals surface area contributed by atoms with Gasteiger partial charge >= 0.3 is 0 Å². The van der Waals surface area contributed by atoms with Gasteiger partial charge in [-0.2, -0.15) is 0 Å². The number of piperidine rings is 1. The maximum absolute atomic E-state index is 5.87. The number of nitrogens with two attached hydrogens (primary N) is 1. The summed E-state index contributed by atoms with van der Waals surface area (Å²) in [4.78, 5) is 6.84. The Morgan fingerprint density at radius 2 is 2.39 bits per heavy atom. The summed E-state index contributed by atoms with van der Waals surface area (Å²) >= 11 is 0. The number of rotatable bonds is 5. The second-order valence-electron chi connectivity index (χ2n) is 5.01. The minimum atomic E-state index is 0.378. The van der Waals surface area contributed by atoms with Crippen LogP contribution in [0.4, 0.5) is 0 Å². The Balaban J connectivity index is 1.87. The van der Waals surface area contributed by atoms with Crippen molar-refractivity contribution in [1.29, 1.82) is 0 Å². The molecule has 0 bridgehead atoms. The third kappa shape index (κ3) is 3.10. The lowest BCUT2D eigenvalue weighted by Crippen LogP contribution is -2.49. The predicted molar refractivity (Wildman–Crippen MR) is 71.4 cm³/mol. The van der Waals surface area contributed by atoms with Gasteiger partial charge in [-0.25, -0.2) is 4.98 Å². The van der Waals surface area contributed by atoms with Crippen molar-refractivity contribution in [2.24, 2.45) is 12.8 Å². The maximum Gasteiger partial charge on any atom is 0.109 e. The molecule has 2 heterocycles. The van der Waals surface area contributed by atoms with Gasteiger partial charge in [0.15, 0.2) is 0 Å². The Morgan fingerprint density at radius 3 is 3.00 bits per heavy atom. The Hall–Kier alpha value is -0.910. The van der Waals surface area contributed by atoms with Gasteiger partial charge in [-0.3, -0.25) is 4.90 Å². The molecular weight excluding hydrogens is 228 g/mol. The van der Waals surface area contributed by atoms with E-state index in [2.05, 4.69) is 14.5 Å². The number of aryl methyl sites for hydroxylation is 1. The highest BCUT2D eigenvalue weighted by atomic mass is 16.5. The van der Waals surface area contributed by atoms with Crippen molar-refractivity contribution in [3.8, 4) is 0 Å². The fraction of sp³-hybridized carbons (Fsp3) is 0.769. The fourth-order valence-electron chi connectivity index (χ4n) is 2.70. The van der Waals surface area contributed by atoms with E-state index in [1.54, 1.807) is 7.11 Å². The highest BCUT2D eigenvalue weighted by Gasteiger charge is 2.27. The van der Waals surface area contributed by atoms with E-state index in [9.17, 15) is 0 Å². The average Bonchev–Trinajstić information content (AvgIpc) is 2.81. The van der Waals surface area contributed by atoms with Gasteiger partial charge in [-0.15, -0.1) is 0 Å². The number of likely N-dealkylation sites (tertiary alicyclic amines) is 1. The SMILES string of the molecule is COC1CCN(CCc2nccn2C)C(CN)C1. The van der Waals surface area contributed by atoms with Crippen LogP contribution in [0.3, 0.4) is 0 Å². The quantitative estimate of drug-likeness (QED) is 0.824. The summed E-state index contributed by atoms with van der Waals surface area (Å²) in [5.41, 5.74) is 5.87. The van der Waals surface area contributed by atoms with Crippen molar-refractivity contribution in [3.63, 3.8) is 0 Å². The van der Waals surface area contributed by atoms with Crippen LogP contribution in [0.5, 0.6) is 0 Å². The predicted octanol–water partition coefficient (Wildman–Crippen LogP) is 0.401. The number of hydrogen-bond donors (Lipinski definition) is 1. The minimum absolute atomic E-state index is 0.378. The first kappa shape index (κ1) is 13.5. The first-order valence-electron chi connectivity index (χ1n) is 6.67. The first-order valence-corrected chi connectivity index (χ1v) is 6.67. The smallest absolute Gasteiger partial charge is 0.109 e. The Bertz CT molecular complexity index is 366. The molecule has 0 amide bonds. The molecule has 0 aliphatic carbocycles. The largest absolute Gasteiger partial charge is 0.381 e. The summed E-state index contributed by atoms with van der Waals surface area (Å²) in [7, 11) is 3.84. The monoisotopic (exact) mass is 252 g/mol. The van der Waals surface area contributed by atoms with E-state index in [0.29, 0.717) is 18.7 Å². The van der Waals surface area contributed by atoms with Crippen LogP contribution < -0.4 is 5.73 Å². The van der Waals surface area contributed by atoms with Gasteiger partial charge in [0.1, 0.15) is 5.82 Å². The summed E-state index contributed by atoms with van der Waals surface area (Å²) < 4.78 is 7.53. The molecule has 1 aliphatic heterocycles. The van der Waals surface area contributed by atoms with Gasteiger partial charge in [-0.1, -0.05) is 0 Å². The number of hydrogen-bond acceptors (Lipinski definition) is 4. The lowest BCUT2D eigenvalue weighted by atomic mass is 9.99. The van der Waals surface area contributed by atoms with Gasteiger partial charge in [0.25, 0.3) is 0 Å². The zero-order chi connectivity index (χ0) is 13.0. The molecule has 0 radical (unpaired) electrons. The molecule has 1 aliphatic rings. The molecule has 2 rings (SSSR count). The van der Waals surface area contributed by atoms with E-state index < -0.39 is 0 Å². The van der Waals surface area contributed by atoms with E-state index in [1.165, 1.54) is 0 Å². The average molecular weight is 252 g/mol. The van der Waals surface area contributed by atoms with Crippen molar-refractivity contribution in [2.75, 3.05) is 26.7 Å². The van der Waals surface area contributed by atoms with E-state index >= 15 is 0 Å². The van der Waals surface area contributed by atoms with Crippen LogP contribution in [0.25, 0.3) is 0 Å². The molecule has 1 saturated heterocycles. The van der Waals surface area contributed by atoms with Crippen molar-refractivity contribution in [2.45, 2.75) is 31.4 Å². The molecule has 1 aromatic rings. The van der Waals surface area contributed by atoms with E-state index in [4.69, 9.17) is 10.5 Å². The van der Waals surface area contributed by atoms with Crippen molar-refractivity contribution in [1.82, 2.24) is 14.5 Å². The highest BCUT2D eigenvalue weighted by molar-refractivity contribution is 4.93. The van der Waals surface area contributed by atoms with Crippen LogP contribution in [-0.2, 0) is 18.2 Å². The number of imidazole rings is 1. The molecule has 2 atom stereocenters. The maximum atomic E-state index is 5.87. The number of ether oxygens (including phenoxy) is 1. The molecule has 2 N–H and O–H groups in total. The van der Waals surface area contributed by atoms with Crippen LogP contribution in [0.15, 0.2) is 12.4 Å². The van der Waals surface area contributed by atoms with Crippen LogP contribution in [0.1, 0.15) is 18.7 Å². The normalized spacial score (nSPS) is 25.5. The summed E-state index contributed by atoms with van der Waals surface area (Å²) in [5, 5.41) is 0. The Morgan fingerprint density at radius 1 is 1.56 bits per heavy atom. The van der Waals surface area contributed by atoms with Crippen LogP contribution in [0, 0.1) is 0 Å². The van der Waals surface area contributed by atoms with Gasteiger partial charge in [0.05, 0.1) is 6.10 Å². The molecule has 0 aromatic carbocycles. The van der Waals surface area contributed by atoms with Crippen molar-refractivity contribution >= 4 is 0 Å². The summed E-state index contributed by atoms with van der Waals surface area (Å²) in [6.45, 7) is 2.81. The standard InChI is InChI=1S/C13H24N4O/c1-16-8-5-15-13(16)4-7-17-6-3-12(18-2)9-11(17)10-14/h5,8,11-12H,3-4,6-7,9-10,14H2,1-2H3. The van der Waals surface area contributed by atoms with E-state index in [-0.39, 0.29) is 0 Å². The van der Waals surface area contributed by atoms with Crippen LogP contribution in [0.2, 0.25) is 0 Å². The molecular formula is C13H24N4O.